The highest BCUT2D eigenvalue weighted by atomic mass is 79.9. The fraction of sp³-hybridized carbons (Fsp3) is 0.308. The molecule has 0 radical (unpaired) electrons. The van der Waals surface area contributed by atoms with Crippen molar-refractivity contribution in [3.8, 4) is 0 Å². The van der Waals surface area contributed by atoms with E-state index in [-0.39, 0.29) is 23.1 Å². The minimum absolute atomic E-state index is 0.0382. The van der Waals surface area contributed by atoms with Gasteiger partial charge in [0.2, 0.25) is 5.91 Å². The third-order valence-corrected chi connectivity index (χ3v) is 7.57. The van der Waals surface area contributed by atoms with Crippen LogP contribution in [-0.2, 0) is 4.79 Å². The Bertz CT molecular complexity index is 1150. The van der Waals surface area contributed by atoms with E-state index in [9.17, 15) is 9.18 Å². The quantitative estimate of drug-likeness (QED) is 0.411. The molecule has 2 aliphatic rings. The Labute approximate surface area is 189 Å². The van der Waals surface area contributed by atoms with Crippen LogP contribution >= 0.6 is 15.9 Å². The number of hydrogen-bond acceptors (Lipinski definition) is 2. The number of aromatic nitrogens is 1. The molecule has 5 heteroatoms. The average molecular weight is 479 g/mol. The fourth-order valence-electron chi connectivity index (χ4n) is 5.40. The van der Waals surface area contributed by atoms with Crippen LogP contribution in [-0.4, -0.2) is 10.9 Å². The first-order chi connectivity index (χ1) is 15.0. The molecular formula is C26H24BrFN2O. The topological polar surface area (TPSA) is 42.0 Å². The number of carbonyl (C=O) groups is 1. The van der Waals surface area contributed by atoms with E-state index in [1.165, 1.54) is 11.6 Å². The lowest BCUT2D eigenvalue weighted by Crippen LogP contribution is -2.37. The molecule has 2 aliphatic carbocycles. The fourth-order valence-corrected chi connectivity index (χ4v) is 5.66. The van der Waals surface area contributed by atoms with E-state index in [1.807, 2.05) is 36.5 Å². The van der Waals surface area contributed by atoms with E-state index in [0.29, 0.717) is 5.92 Å². The zero-order chi connectivity index (χ0) is 21.4. The predicted octanol–water partition coefficient (Wildman–Crippen LogP) is 7.00. The summed E-state index contributed by atoms with van der Waals surface area (Å²) in [5.41, 5.74) is 2.77. The standard InChI is InChI=1S/C26H24BrFN2O/c27-18-3-6-20(7-4-18)30-25(31)23-2-1-12-26(23)13-9-17(10-14-26)21-11-15-29-24-8-5-19(28)16-22(21)24/h1,3-8,11-12,15-17,23H,2,9-10,13-14H2,(H,30,31)/t17?,23-,26?/m1/s1. The highest BCUT2D eigenvalue weighted by molar-refractivity contribution is 9.10. The van der Waals surface area contributed by atoms with Gasteiger partial charge in [-0.1, -0.05) is 28.1 Å². The summed E-state index contributed by atoms with van der Waals surface area (Å²) < 4.78 is 14.9. The van der Waals surface area contributed by atoms with E-state index in [2.05, 4.69) is 38.4 Å². The highest BCUT2D eigenvalue weighted by Crippen LogP contribution is 2.53. The van der Waals surface area contributed by atoms with Gasteiger partial charge in [-0.25, -0.2) is 4.39 Å². The van der Waals surface area contributed by atoms with Crippen LogP contribution < -0.4 is 5.32 Å². The van der Waals surface area contributed by atoms with Crippen LogP contribution in [0.3, 0.4) is 0 Å². The van der Waals surface area contributed by atoms with Gasteiger partial charge in [0.25, 0.3) is 0 Å². The van der Waals surface area contributed by atoms with Gasteiger partial charge in [0.1, 0.15) is 5.82 Å². The van der Waals surface area contributed by atoms with Gasteiger partial charge in [0.05, 0.1) is 11.4 Å². The third-order valence-electron chi connectivity index (χ3n) is 7.04. The van der Waals surface area contributed by atoms with Crippen LogP contribution in [0.25, 0.3) is 10.9 Å². The zero-order valence-corrected chi connectivity index (χ0v) is 18.7. The number of benzene rings is 2. The summed E-state index contributed by atoms with van der Waals surface area (Å²) in [4.78, 5) is 17.5. The monoisotopic (exact) mass is 478 g/mol. The van der Waals surface area contributed by atoms with Crippen molar-refractivity contribution < 1.29 is 9.18 Å². The van der Waals surface area contributed by atoms with Crippen LogP contribution in [0, 0.1) is 17.2 Å². The highest BCUT2D eigenvalue weighted by Gasteiger charge is 2.45. The number of halogens is 2. The van der Waals surface area contributed by atoms with E-state index in [0.717, 1.165) is 53.2 Å². The zero-order valence-electron chi connectivity index (χ0n) is 17.2. The SMILES string of the molecule is O=C(Nc1ccc(Br)cc1)[C@H]1CC=CC12CCC(c1ccnc3ccc(F)cc13)CC2. The van der Waals surface area contributed by atoms with E-state index in [1.54, 1.807) is 12.1 Å². The van der Waals surface area contributed by atoms with Crippen molar-refractivity contribution in [2.75, 3.05) is 5.32 Å². The van der Waals surface area contributed by atoms with Gasteiger partial charge in [-0.2, -0.15) is 0 Å². The summed E-state index contributed by atoms with van der Waals surface area (Å²) in [6.45, 7) is 0. The molecule has 1 aromatic heterocycles. The molecule has 1 fully saturated rings. The number of nitrogens with one attached hydrogen (secondary N) is 1. The van der Waals surface area contributed by atoms with Gasteiger partial charge >= 0.3 is 0 Å². The van der Waals surface area contributed by atoms with Crippen molar-refractivity contribution in [2.45, 2.75) is 38.0 Å². The molecule has 1 amide bonds. The van der Waals surface area contributed by atoms with Crippen molar-refractivity contribution >= 4 is 38.4 Å². The molecular weight excluding hydrogens is 455 g/mol. The molecule has 3 nitrogen and oxygen atoms in total. The summed E-state index contributed by atoms with van der Waals surface area (Å²) >= 11 is 3.43. The summed E-state index contributed by atoms with van der Waals surface area (Å²) in [6, 6.07) is 14.6. The molecule has 0 saturated heterocycles. The van der Waals surface area contributed by atoms with Gasteiger partial charge in [-0.15, -0.1) is 0 Å². The Hall–Kier alpha value is -2.53. The normalized spacial score (nSPS) is 25.2. The van der Waals surface area contributed by atoms with Crippen LogP contribution in [0.15, 0.2) is 71.4 Å². The molecule has 1 N–H and O–H groups in total. The Balaban J connectivity index is 1.33. The Morgan fingerprint density at radius 3 is 2.65 bits per heavy atom. The van der Waals surface area contributed by atoms with Gasteiger partial charge < -0.3 is 5.32 Å². The molecule has 2 aromatic carbocycles. The van der Waals surface area contributed by atoms with E-state index < -0.39 is 0 Å². The summed E-state index contributed by atoms with van der Waals surface area (Å²) in [5, 5.41) is 4.02. The maximum atomic E-state index is 13.9. The molecule has 158 valence electrons. The summed E-state index contributed by atoms with van der Waals surface area (Å²) in [7, 11) is 0. The number of amides is 1. The minimum Gasteiger partial charge on any atom is -0.326 e. The number of allylic oxidation sites excluding steroid dienone is 2. The Morgan fingerprint density at radius 1 is 1.10 bits per heavy atom. The molecule has 1 heterocycles. The molecule has 31 heavy (non-hydrogen) atoms. The van der Waals surface area contributed by atoms with Crippen LogP contribution in [0.1, 0.15) is 43.6 Å². The minimum atomic E-state index is -0.225. The maximum Gasteiger partial charge on any atom is 0.228 e. The third kappa shape index (κ3) is 3.91. The first kappa shape index (κ1) is 20.4. The average Bonchev–Trinajstić information content (AvgIpc) is 3.18. The van der Waals surface area contributed by atoms with E-state index >= 15 is 0 Å². The second kappa shape index (κ2) is 8.19. The Morgan fingerprint density at radius 2 is 1.87 bits per heavy atom. The van der Waals surface area contributed by atoms with Crippen molar-refractivity contribution in [1.82, 2.24) is 4.98 Å². The van der Waals surface area contributed by atoms with Gasteiger partial charge in [-0.3, -0.25) is 9.78 Å². The lowest BCUT2D eigenvalue weighted by atomic mass is 9.64. The molecule has 0 unspecified atom stereocenters. The Kier molecular flexibility index (Phi) is 5.39. The van der Waals surface area contributed by atoms with Crippen molar-refractivity contribution in [3.63, 3.8) is 0 Å². The van der Waals surface area contributed by atoms with Crippen molar-refractivity contribution in [1.29, 1.82) is 0 Å². The first-order valence-corrected chi connectivity index (χ1v) is 11.6. The molecule has 1 spiro atoms. The summed E-state index contributed by atoms with van der Waals surface area (Å²) in [6.07, 6.45) is 11.0. The molecule has 0 bridgehead atoms. The van der Waals surface area contributed by atoms with Gasteiger partial charge in [0, 0.05) is 27.2 Å². The molecule has 3 aromatic rings. The second-order valence-electron chi connectivity index (χ2n) is 8.76. The van der Waals surface area contributed by atoms with Crippen LogP contribution in [0.2, 0.25) is 0 Å². The number of hydrogen-bond donors (Lipinski definition) is 1. The van der Waals surface area contributed by atoms with Gasteiger partial charge in [-0.05, 0) is 92.1 Å². The van der Waals surface area contributed by atoms with Crippen LogP contribution in [0.4, 0.5) is 10.1 Å². The molecule has 1 atom stereocenters. The van der Waals surface area contributed by atoms with Crippen LogP contribution in [0.5, 0.6) is 0 Å². The number of carbonyl (C=O) groups excluding carboxylic acids is 1. The molecule has 0 aliphatic heterocycles. The summed E-state index contributed by atoms with van der Waals surface area (Å²) in [5.74, 6) is 0.200. The number of nitrogens with zero attached hydrogens (tertiary/aromatic N) is 1. The smallest absolute Gasteiger partial charge is 0.228 e. The lowest BCUT2D eigenvalue weighted by molar-refractivity contribution is -0.123. The lowest BCUT2D eigenvalue weighted by Gasteiger charge is -2.40. The largest absolute Gasteiger partial charge is 0.326 e. The first-order valence-electron chi connectivity index (χ1n) is 10.8. The number of anilines is 1. The van der Waals surface area contributed by atoms with Crippen molar-refractivity contribution in [2.24, 2.45) is 11.3 Å². The number of rotatable bonds is 3. The predicted molar refractivity (Wildman–Crippen MR) is 125 cm³/mol. The molecule has 1 saturated carbocycles. The number of fused-ring (bicyclic) bond motifs is 1. The van der Waals surface area contributed by atoms with Crippen molar-refractivity contribution in [3.05, 3.63) is 82.7 Å². The molecule has 5 rings (SSSR count). The maximum absolute atomic E-state index is 13.9. The van der Waals surface area contributed by atoms with Gasteiger partial charge in [0.15, 0.2) is 0 Å². The second-order valence-corrected chi connectivity index (χ2v) is 9.67. The number of pyridine rings is 1. The van der Waals surface area contributed by atoms with E-state index in [4.69, 9.17) is 0 Å².